The van der Waals surface area contributed by atoms with Crippen LogP contribution in [0.4, 0.5) is 0 Å². The van der Waals surface area contributed by atoms with Crippen LogP contribution in [0.15, 0.2) is 24.3 Å². The number of nitrogens with zero attached hydrogens (tertiary/aromatic N) is 1. The number of piperidine rings is 1. The van der Waals surface area contributed by atoms with Gasteiger partial charge in [0.15, 0.2) is 11.5 Å². The van der Waals surface area contributed by atoms with E-state index in [2.05, 4.69) is 31.7 Å². The number of phenols is 1. The molecule has 1 aromatic rings. The minimum atomic E-state index is -0.380. The van der Waals surface area contributed by atoms with E-state index in [0.717, 1.165) is 43.9 Å². The molecule has 5 aliphatic carbocycles. The SMILES string of the molecule is C=C([C@H]1CC23CC[C@@]1(OC)[C@H]1Oc4c(O)ccc5c4[C@@]12CCN(CC1CC1)[C@@H]3C5)C(C)(C)C. The standard InChI is InChI=1S/C29H39NO3/c1-17(26(2,3)4)20-15-27-10-11-29(20,32-5)25-28(27)12-13-30(16-18-6-7-18)22(27)14-19-8-9-21(31)24(33-25)23(19)28/h8-9,18,20,22,25,31H,1,6-7,10-16H2,2-5H3/t20-,22-,25+,27?,28+,29+/m1/s1. The topological polar surface area (TPSA) is 41.9 Å². The maximum Gasteiger partial charge on any atom is 0.165 e. The van der Waals surface area contributed by atoms with Gasteiger partial charge in [-0.3, -0.25) is 4.90 Å². The van der Waals surface area contributed by atoms with Crippen LogP contribution in [0.5, 0.6) is 11.5 Å². The molecule has 2 spiro atoms. The molecule has 4 heteroatoms. The van der Waals surface area contributed by atoms with Gasteiger partial charge < -0.3 is 14.6 Å². The first-order valence-corrected chi connectivity index (χ1v) is 13.2. The third-order valence-electron chi connectivity index (χ3n) is 11.0. The van der Waals surface area contributed by atoms with Gasteiger partial charge in [-0.15, -0.1) is 0 Å². The van der Waals surface area contributed by atoms with Crippen LogP contribution in [0, 0.1) is 22.7 Å². The Morgan fingerprint density at radius 1 is 1.24 bits per heavy atom. The smallest absolute Gasteiger partial charge is 0.165 e. The molecule has 0 radical (unpaired) electrons. The number of hydrogen-bond acceptors (Lipinski definition) is 4. The van der Waals surface area contributed by atoms with Crippen LogP contribution < -0.4 is 4.74 Å². The van der Waals surface area contributed by atoms with E-state index in [1.54, 1.807) is 0 Å². The normalized spacial score (nSPS) is 42.7. The number of ether oxygens (including phenoxy) is 2. The molecule has 33 heavy (non-hydrogen) atoms. The summed E-state index contributed by atoms with van der Waals surface area (Å²) in [6, 6.07) is 4.61. The second-order valence-electron chi connectivity index (χ2n) is 13.2. The van der Waals surface area contributed by atoms with E-state index >= 15 is 0 Å². The van der Waals surface area contributed by atoms with Crippen molar-refractivity contribution in [3.8, 4) is 11.5 Å². The summed E-state index contributed by atoms with van der Waals surface area (Å²) >= 11 is 0. The van der Waals surface area contributed by atoms with Crippen LogP contribution >= 0.6 is 0 Å². The van der Waals surface area contributed by atoms with Crippen molar-refractivity contribution in [3.63, 3.8) is 0 Å². The lowest BCUT2D eigenvalue weighted by Crippen LogP contribution is -2.81. The van der Waals surface area contributed by atoms with Crippen molar-refractivity contribution in [3.05, 3.63) is 35.4 Å². The maximum absolute atomic E-state index is 10.9. The highest BCUT2D eigenvalue weighted by molar-refractivity contribution is 5.63. The van der Waals surface area contributed by atoms with E-state index < -0.39 is 0 Å². The zero-order valence-electron chi connectivity index (χ0n) is 20.7. The van der Waals surface area contributed by atoms with Gasteiger partial charge in [-0.1, -0.05) is 39.0 Å². The Bertz CT molecular complexity index is 1050. The van der Waals surface area contributed by atoms with Gasteiger partial charge in [0, 0.05) is 42.0 Å². The summed E-state index contributed by atoms with van der Waals surface area (Å²) in [6.45, 7) is 14.0. The fraction of sp³-hybridized carbons (Fsp3) is 0.724. The van der Waals surface area contributed by atoms with Gasteiger partial charge >= 0.3 is 0 Å². The molecule has 7 aliphatic rings. The van der Waals surface area contributed by atoms with Gasteiger partial charge in [0.1, 0.15) is 11.7 Å². The number of hydrogen-bond donors (Lipinski definition) is 1. The van der Waals surface area contributed by atoms with E-state index in [9.17, 15) is 5.11 Å². The summed E-state index contributed by atoms with van der Waals surface area (Å²) < 4.78 is 13.5. The second-order valence-corrected chi connectivity index (χ2v) is 13.2. The molecule has 4 nitrogen and oxygen atoms in total. The Kier molecular flexibility index (Phi) is 3.90. The molecule has 0 aromatic heterocycles. The van der Waals surface area contributed by atoms with Crippen LogP contribution in [0.2, 0.25) is 0 Å². The first kappa shape index (κ1) is 20.8. The fourth-order valence-electron chi connectivity index (χ4n) is 9.32. The number of phenolic OH excluding ortho intramolecular Hbond substituents is 1. The Labute approximate surface area is 198 Å². The van der Waals surface area contributed by atoms with Gasteiger partial charge in [-0.2, -0.15) is 0 Å². The third-order valence-corrected chi connectivity index (χ3v) is 11.0. The lowest BCUT2D eigenvalue weighted by Gasteiger charge is -2.74. The summed E-state index contributed by atoms with van der Waals surface area (Å²) in [5, 5.41) is 10.9. The van der Waals surface area contributed by atoms with Gasteiger partial charge in [0.25, 0.3) is 0 Å². The van der Waals surface area contributed by atoms with Crippen LogP contribution in [0.25, 0.3) is 0 Å². The van der Waals surface area contributed by atoms with Gasteiger partial charge in [-0.25, -0.2) is 0 Å². The van der Waals surface area contributed by atoms with E-state index in [1.165, 1.54) is 42.5 Å². The molecule has 178 valence electrons. The van der Waals surface area contributed by atoms with Crippen molar-refractivity contribution in [2.24, 2.45) is 22.7 Å². The van der Waals surface area contributed by atoms with E-state index in [1.807, 2.05) is 13.2 Å². The van der Waals surface area contributed by atoms with Crippen molar-refractivity contribution >= 4 is 0 Å². The van der Waals surface area contributed by atoms with Crippen molar-refractivity contribution in [2.75, 3.05) is 20.2 Å². The van der Waals surface area contributed by atoms with Crippen LogP contribution in [-0.4, -0.2) is 48.0 Å². The van der Waals surface area contributed by atoms with E-state index in [4.69, 9.17) is 16.1 Å². The van der Waals surface area contributed by atoms with Crippen molar-refractivity contribution in [1.29, 1.82) is 0 Å². The molecule has 2 heterocycles. The molecular weight excluding hydrogens is 410 g/mol. The number of fused-ring (bicyclic) bond motifs is 2. The number of rotatable bonds is 4. The average Bonchev–Trinajstić information content (AvgIpc) is 3.52. The molecule has 4 bridgehead atoms. The second kappa shape index (κ2) is 6.18. The highest BCUT2D eigenvalue weighted by Gasteiger charge is 2.81. The Morgan fingerprint density at radius 2 is 2.03 bits per heavy atom. The fourth-order valence-corrected chi connectivity index (χ4v) is 9.32. The molecule has 1 N–H and O–H groups in total. The zero-order chi connectivity index (χ0) is 23.0. The lowest BCUT2D eigenvalue weighted by atomic mass is 9.34. The molecular formula is C29H39NO3. The largest absolute Gasteiger partial charge is 0.504 e. The highest BCUT2D eigenvalue weighted by atomic mass is 16.6. The summed E-state index contributed by atoms with van der Waals surface area (Å²) in [5.41, 5.74) is 3.81. The Hall–Kier alpha value is -1.52. The predicted octanol–water partition coefficient (Wildman–Crippen LogP) is 5.22. The van der Waals surface area contributed by atoms with Gasteiger partial charge in [0.2, 0.25) is 0 Å². The molecule has 1 saturated heterocycles. The number of aromatic hydroxyl groups is 1. The Morgan fingerprint density at radius 3 is 2.73 bits per heavy atom. The molecule has 2 aliphatic heterocycles. The number of benzene rings is 1. The zero-order valence-corrected chi connectivity index (χ0v) is 20.7. The third kappa shape index (κ3) is 2.26. The van der Waals surface area contributed by atoms with Crippen molar-refractivity contribution < 1.29 is 14.6 Å². The first-order valence-electron chi connectivity index (χ1n) is 13.2. The Balaban J connectivity index is 1.47. The van der Waals surface area contributed by atoms with E-state index in [0.29, 0.717) is 11.8 Å². The highest BCUT2D eigenvalue weighted by Crippen LogP contribution is 2.77. The minimum Gasteiger partial charge on any atom is -0.504 e. The monoisotopic (exact) mass is 449 g/mol. The predicted molar refractivity (Wildman–Crippen MR) is 129 cm³/mol. The van der Waals surface area contributed by atoms with Gasteiger partial charge in [-0.05, 0) is 74.5 Å². The number of methoxy groups -OCH3 is 1. The molecule has 0 amide bonds. The maximum atomic E-state index is 10.9. The lowest BCUT2D eigenvalue weighted by molar-refractivity contribution is -0.272. The molecule has 1 unspecified atom stereocenters. The van der Waals surface area contributed by atoms with Gasteiger partial charge in [0.05, 0.1) is 0 Å². The molecule has 6 atom stereocenters. The summed E-state index contributed by atoms with van der Waals surface area (Å²) in [4.78, 5) is 2.87. The number of likely N-dealkylation sites (tertiary alicyclic amines) is 1. The van der Waals surface area contributed by atoms with Crippen molar-refractivity contribution in [2.45, 2.75) is 88.9 Å². The van der Waals surface area contributed by atoms with Crippen molar-refractivity contribution in [1.82, 2.24) is 4.90 Å². The first-order chi connectivity index (χ1) is 15.7. The minimum absolute atomic E-state index is 0.0215. The quantitative estimate of drug-likeness (QED) is 0.640. The summed E-state index contributed by atoms with van der Waals surface area (Å²) in [5.74, 6) is 2.24. The molecule has 8 rings (SSSR count). The van der Waals surface area contributed by atoms with Crippen LogP contribution in [0.3, 0.4) is 0 Å². The molecule has 5 fully saturated rings. The summed E-state index contributed by atoms with van der Waals surface area (Å²) in [7, 11) is 1.90. The molecule has 1 aromatic carbocycles. The average molecular weight is 450 g/mol. The van der Waals surface area contributed by atoms with Crippen LogP contribution in [0.1, 0.15) is 70.4 Å². The van der Waals surface area contributed by atoms with Crippen LogP contribution in [-0.2, 0) is 16.6 Å². The molecule has 4 saturated carbocycles. The summed E-state index contributed by atoms with van der Waals surface area (Å²) in [6.07, 6.45) is 8.30. The van der Waals surface area contributed by atoms with E-state index in [-0.39, 0.29) is 33.9 Å².